The van der Waals surface area contributed by atoms with Crippen molar-refractivity contribution in [2.75, 3.05) is 11.2 Å². The van der Waals surface area contributed by atoms with E-state index in [0.29, 0.717) is 0 Å². The molecule has 8 aromatic carbocycles. The molecule has 8 aromatic rings. The van der Waals surface area contributed by atoms with Crippen molar-refractivity contribution in [2.24, 2.45) is 0 Å². The van der Waals surface area contributed by atoms with E-state index in [0.717, 1.165) is 84.9 Å². The fourth-order valence-corrected chi connectivity index (χ4v) is 11.5. The summed E-state index contributed by atoms with van der Waals surface area (Å²) in [4.78, 5) is 3.52. The Bertz CT molecular complexity index is 3060. The molecule has 3 heterocycles. The molecule has 60 heavy (non-hydrogen) atoms. The highest BCUT2D eigenvalue weighted by molar-refractivity contribution is 7.98. The van der Waals surface area contributed by atoms with Crippen molar-refractivity contribution in [3.8, 4) is 90.1 Å². The molecule has 13 rings (SSSR count). The van der Waals surface area contributed by atoms with Gasteiger partial charge in [0.2, 0.25) is 0 Å². The molecule has 0 spiro atoms. The van der Waals surface area contributed by atoms with Gasteiger partial charge in [-0.05, 0) is 127 Å². The van der Waals surface area contributed by atoms with Gasteiger partial charge >= 0.3 is 0 Å². The summed E-state index contributed by atoms with van der Waals surface area (Å²) in [6.45, 7) is 9.32. The number of benzene rings is 8. The number of rotatable bonds is 4. The Hall–Kier alpha value is -6.69. The summed E-state index contributed by atoms with van der Waals surface area (Å²) in [5.74, 6) is 4.51. The van der Waals surface area contributed by atoms with Gasteiger partial charge in [0.25, 0.3) is 0 Å². The van der Waals surface area contributed by atoms with Crippen LogP contribution in [0.25, 0.3) is 55.6 Å². The first-order valence-corrected chi connectivity index (χ1v) is 21.9. The number of fused-ring (bicyclic) bond motifs is 6. The smallest absolute Gasteiger partial charge is 0.156 e. The Morgan fingerprint density at radius 1 is 0.383 bits per heavy atom. The molecule has 0 bridgehead atoms. The average Bonchev–Trinajstić information content (AvgIpc) is 3.65. The molecule has 5 heteroatoms. The van der Waals surface area contributed by atoms with Gasteiger partial charge in [-0.2, -0.15) is 0 Å². The van der Waals surface area contributed by atoms with E-state index < -0.39 is 0 Å². The van der Waals surface area contributed by atoms with E-state index >= 15 is 0 Å². The Balaban J connectivity index is 1.06. The van der Waals surface area contributed by atoms with E-state index in [-0.39, 0.29) is 10.8 Å². The van der Waals surface area contributed by atoms with Crippen molar-refractivity contribution in [1.82, 2.24) is 0 Å². The second-order valence-corrected chi connectivity index (χ2v) is 18.5. The Labute approximate surface area is 354 Å². The third kappa shape index (κ3) is 4.37. The minimum absolute atomic E-state index is 0.122. The lowest BCUT2D eigenvalue weighted by molar-refractivity contribution is 0.418. The fraction of sp³-hybridized carbons (Fsp3) is 0.127. The summed E-state index contributed by atoms with van der Waals surface area (Å²) in [5.41, 5.74) is 19.5. The van der Waals surface area contributed by atoms with Crippen LogP contribution in [0.15, 0.2) is 150 Å². The zero-order chi connectivity index (χ0) is 40.2. The topological polar surface area (TPSA) is 30.9 Å². The maximum atomic E-state index is 7.15. The van der Waals surface area contributed by atoms with Gasteiger partial charge in [-0.15, -0.1) is 11.8 Å². The van der Waals surface area contributed by atoms with Crippen molar-refractivity contribution in [2.45, 2.75) is 43.4 Å². The van der Waals surface area contributed by atoms with E-state index in [1.165, 1.54) is 49.4 Å². The number of nitrogens with zero attached hydrogens (tertiary/aromatic N) is 1. The first-order valence-electron chi connectivity index (χ1n) is 20.7. The molecule has 0 N–H and O–H groups in total. The van der Waals surface area contributed by atoms with E-state index in [1.54, 1.807) is 11.8 Å². The molecule has 0 saturated carbocycles. The quantitative estimate of drug-likeness (QED) is 0.166. The third-order valence-electron chi connectivity index (χ3n) is 13.7. The zero-order valence-corrected chi connectivity index (χ0v) is 34.8. The van der Waals surface area contributed by atoms with Crippen molar-refractivity contribution in [3.63, 3.8) is 0 Å². The summed E-state index contributed by atoms with van der Waals surface area (Å²) in [6, 6.07) is 52.9. The normalized spacial score (nSPS) is 15.4. The molecule has 2 aliphatic carbocycles. The average molecular weight is 794 g/mol. The minimum Gasteiger partial charge on any atom is -0.453 e. The monoisotopic (exact) mass is 793 g/mol. The van der Waals surface area contributed by atoms with Crippen LogP contribution in [-0.2, 0) is 10.8 Å². The van der Waals surface area contributed by atoms with Crippen LogP contribution < -0.4 is 19.1 Å². The maximum Gasteiger partial charge on any atom is 0.156 e. The number of ether oxygens (including phenoxy) is 3. The van der Waals surface area contributed by atoms with Gasteiger partial charge in [0.1, 0.15) is 17.1 Å². The molecule has 5 aliphatic rings. The van der Waals surface area contributed by atoms with Gasteiger partial charge < -0.3 is 14.2 Å². The highest BCUT2D eigenvalue weighted by Gasteiger charge is 2.44. The minimum atomic E-state index is -0.122. The molecule has 0 aromatic heterocycles. The first-order chi connectivity index (χ1) is 29.2. The Morgan fingerprint density at radius 2 is 0.717 bits per heavy atom. The fourth-order valence-electron chi connectivity index (χ4n) is 10.9. The van der Waals surface area contributed by atoms with Crippen LogP contribution in [-0.4, -0.2) is 6.26 Å². The van der Waals surface area contributed by atoms with Crippen molar-refractivity contribution in [1.29, 1.82) is 0 Å². The van der Waals surface area contributed by atoms with Gasteiger partial charge in [-0.25, -0.2) is 0 Å². The predicted octanol–water partition coefficient (Wildman–Crippen LogP) is 15.8. The van der Waals surface area contributed by atoms with E-state index in [1.807, 2.05) is 0 Å². The van der Waals surface area contributed by atoms with Crippen LogP contribution in [0, 0.1) is 0 Å². The number of hydrogen-bond acceptors (Lipinski definition) is 5. The molecular formula is C55H39NO3S. The van der Waals surface area contributed by atoms with Crippen LogP contribution in [0.2, 0.25) is 0 Å². The van der Waals surface area contributed by atoms with Gasteiger partial charge in [0.05, 0.1) is 0 Å². The second kappa shape index (κ2) is 11.7. The van der Waals surface area contributed by atoms with Crippen LogP contribution in [0.3, 0.4) is 0 Å². The van der Waals surface area contributed by atoms with Crippen molar-refractivity contribution >= 4 is 28.8 Å². The lowest BCUT2D eigenvalue weighted by Crippen LogP contribution is -2.24. The third-order valence-corrected chi connectivity index (χ3v) is 14.5. The van der Waals surface area contributed by atoms with Gasteiger partial charge in [-0.3, -0.25) is 4.90 Å². The molecule has 0 unspecified atom stereocenters. The van der Waals surface area contributed by atoms with Gasteiger partial charge in [0.15, 0.2) is 34.5 Å². The number of thioether (sulfide) groups is 1. The Morgan fingerprint density at radius 3 is 1.13 bits per heavy atom. The van der Waals surface area contributed by atoms with Crippen LogP contribution in [0.4, 0.5) is 17.1 Å². The van der Waals surface area contributed by atoms with Crippen molar-refractivity contribution in [3.05, 3.63) is 168 Å². The SMILES string of the molecule is CSc1ccccc1-c1cc2c3c(c1)Oc1cc(-c4cccc5c4-c4ccccc4C5(C)C)cc4c1N3c1c(cc(-c3cccc5c3-c3ccccc3C5(C)C)cc1O4)O2. The Kier molecular flexibility index (Phi) is 6.69. The van der Waals surface area contributed by atoms with E-state index in [4.69, 9.17) is 14.2 Å². The molecule has 4 nitrogen and oxygen atoms in total. The molecule has 0 amide bonds. The molecular weight excluding hydrogens is 755 g/mol. The highest BCUT2D eigenvalue weighted by Crippen LogP contribution is 2.69. The van der Waals surface area contributed by atoms with Crippen LogP contribution in [0.5, 0.6) is 34.5 Å². The molecule has 0 fully saturated rings. The second-order valence-electron chi connectivity index (χ2n) is 17.6. The standard InChI is InChI=1S/C55H39NO3S/c1-54(2)38-19-9-6-15-36(38)49-34(17-12-21-40(49)54)31-26-44-52-46(28-31)59-47-29-32(35-18-13-22-41-50(35)37-16-7-10-20-39(37)55(41,3)4)27-45-53(47)56(52)51-42(57-44)24-30(25-43(51)58-45)33-14-8-11-23-48(33)60-5/h6-29H,1-5H3. The predicted molar refractivity (Wildman–Crippen MR) is 245 cm³/mol. The number of anilines is 3. The zero-order valence-electron chi connectivity index (χ0n) is 33.9. The highest BCUT2D eigenvalue weighted by atomic mass is 32.2. The van der Waals surface area contributed by atoms with Crippen LogP contribution in [0.1, 0.15) is 49.9 Å². The van der Waals surface area contributed by atoms with Crippen LogP contribution >= 0.6 is 11.8 Å². The molecule has 3 aliphatic heterocycles. The lowest BCUT2D eigenvalue weighted by Gasteiger charge is -2.42. The summed E-state index contributed by atoms with van der Waals surface area (Å²) in [6.07, 6.45) is 2.13. The van der Waals surface area contributed by atoms with Crippen molar-refractivity contribution < 1.29 is 14.2 Å². The summed E-state index contributed by atoms with van der Waals surface area (Å²) >= 11 is 1.74. The number of hydrogen-bond donors (Lipinski definition) is 0. The molecule has 288 valence electrons. The largest absolute Gasteiger partial charge is 0.453 e. The van der Waals surface area contributed by atoms with E-state index in [9.17, 15) is 0 Å². The van der Waals surface area contributed by atoms with E-state index in [2.05, 4.69) is 184 Å². The molecule has 0 radical (unpaired) electrons. The summed E-state index contributed by atoms with van der Waals surface area (Å²) in [7, 11) is 0. The van der Waals surface area contributed by atoms with Gasteiger partial charge in [-0.1, -0.05) is 131 Å². The summed E-state index contributed by atoms with van der Waals surface area (Å²) in [5, 5.41) is 0. The lowest BCUT2D eigenvalue weighted by atomic mass is 9.82. The first kappa shape index (κ1) is 34.2. The molecule has 0 saturated heterocycles. The summed E-state index contributed by atoms with van der Waals surface area (Å²) < 4.78 is 21.3. The maximum absolute atomic E-state index is 7.15. The molecule has 0 atom stereocenters. The van der Waals surface area contributed by atoms with Gasteiger partial charge in [0, 0.05) is 15.7 Å².